The number of aromatic nitrogens is 3. The molecule has 0 saturated carbocycles. The molecule has 3 aromatic rings. The Balaban J connectivity index is 1.79. The van der Waals surface area contributed by atoms with E-state index >= 15 is 0 Å². The Kier molecular flexibility index (Phi) is 7.05. The van der Waals surface area contributed by atoms with E-state index in [0.29, 0.717) is 17.3 Å². The predicted octanol–water partition coefficient (Wildman–Crippen LogP) is 6.51. The van der Waals surface area contributed by atoms with Crippen molar-refractivity contribution in [2.24, 2.45) is 0 Å². The molecular formula is C21H21Cl2N3OS. The molecule has 0 aliphatic heterocycles. The normalized spacial score (nSPS) is 12.0. The molecule has 0 radical (unpaired) electrons. The van der Waals surface area contributed by atoms with E-state index in [1.54, 1.807) is 11.8 Å². The van der Waals surface area contributed by atoms with E-state index < -0.39 is 0 Å². The van der Waals surface area contributed by atoms with Crippen molar-refractivity contribution in [3.8, 4) is 5.75 Å². The highest BCUT2D eigenvalue weighted by molar-refractivity contribution is 7.98. The molecule has 4 nitrogen and oxygen atoms in total. The van der Waals surface area contributed by atoms with Gasteiger partial charge < -0.3 is 4.74 Å². The largest absolute Gasteiger partial charge is 0.482 e. The highest BCUT2D eigenvalue weighted by atomic mass is 35.5. The van der Waals surface area contributed by atoms with Crippen LogP contribution in [0, 0.1) is 6.92 Å². The zero-order valence-electron chi connectivity index (χ0n) is 15.7. The van der Waals surface area contributed by atoms with Crippen LogP contribution >= 0.6 is 35.0 Å². The van der Waals surface area contributed by atoms with Crippen LogP contribution in [-0.4, -0.2) is 14.8 Å². The lowest BCUT2D eigenvalue weighted by atomic mass is 10.2. The number of rotatable bonds is 8. The second-order valence-electron chi connectivity index (χ2n) is 6.29. The molecule has 0 saturated heterocycles. The Morgan fingerprint density at radius 2 is 2.00 bits per heavy atom. The topological polar surface area (TPSA) is 39.9 Å². The summed E-state index contributed by atoms with van der Waals surface area (Å²) in [4.78, 5) is 0. The average molecular weight is 434 g/mol. The molecule has 28 heavy (non-hydrogen) atoms. The number of aryl methyl sites for hydroxylation is 1. The van der Waals surface area contributed by atoms with Crippen molar-refractivity contribution in [1.29, 1.82) is 0 Å². The molecule has 0 amide bonds. The van der Waals surface area contributed by atoms with E-state index in [0.717, 1.165) is 32.9 Å². The molecule has 0 N–H and O–H groups in total. The van der Waals surface area contributed by atoms with Crippen molar-refractivity contribution in [1.82, 2.24) is 14.8 Å². The van der Waals surface area contributed by atoms with Crippen LogP contribution < -0.4 is 4.74 Å². The zero-order chi connectivity index (χ0) is 20.1. The minimum atomic E-state index is -0.276. The van der Waals surface area contributed by atoms with Gasteiger partial charge in [0.25, 0.3) is 0 Å². The van der Waals surface area contributed by atoms with Gasteiger partial charge in [0, 0.05) is 22.3 Å². The van der Waals surface area contributed by atoms with Crippen LogP contribution in [0.4, 0.5) is 0 Å². The van der Waals surface area contributed by atoms with Crippen LogP contribution in [-0.2, 0) is 12.3 Å². The van der Waals surface area contributed by atoms with E-state index in [9.17, 15) is 0 Å². The fourth-order valence-corrected chi connectivity index (χ4v) is 4.22. The summed E-state index contributed by atoms with van der Waals surface area (Å²) in [5, 5.41) is 11.0. The number of hydrogen-bond acceptors (Lipinski definition) is 4. The van der Waals surface area contributed by atoms with Crippen molar-refractivity contribution in [2.45, 2.75) is 37.4 Å². The summed E-state index contributed by atoms with van der Waals surface area (Å²) in [6.45, 7) is 8.38. The van der Waals surface area contributed by atoms with Gasteiger partial charge in [-0.15, -0.1) is 16.8 Å². The fraction of sp³-hybridized carbons (Fsp3) is 0.238. The third-order valence-electron chi connectivity index (χ3n) is 4.18. The third-order valence-corrected chi connectivity index (χ3v) is 5.80. The molecule has 2 aromatic carbocycles. The minimum Gasteiger partial charge on any atom is -0.482 e. The van der Waals surface area contributed by atoms with Gasteiger partial charge in [0.2, 0.25) is 0 Å². The SMILES string of the molecule is C=CCn1c(SCc2ccccc2Cl)nnc1C(C)Oc1ccc(Cl)cc1C. The molecule has 0 spiro atoms. The van der Waals surface area contributed by atoms with Crippen LogP contribution in [0.5, 0.6) is 5.75 Å². The van der Waals surface area contributed by atoms with Crippen molar-refractivity contribution in [2.75, 3.05) is 0 Å². The monoisotopic (exact) mass is 433 g/mol. The molecular weight excluding hydrogens is 413 g/mol. The van der Waals surface area contributed by atoms with Crippen LogP contribution in [0.3, 0.4) is 0 Å². The lowest BCUT2D eigenvalue weighted by molar-refractivity contribution is 0.209. The first-order valence-corrected chi connectivity index (χ1v) is 10.6. The smallest absolute Gasteiger partial charge is 0.191 e. The summed E-state index contributed by atoms with van der Waals surface area (Å²) >= 11 is 13.9. The molecule has 3 rings (SSSR count). The summed E-state index contributed by atoms with van der Waals surface area (Å²) in [6.07, 6.45) is 1.55. The quantitative estimate of drug-likeness (QED) is 0.299. The van der Waals surface area contributed by atoms with Crippen molar-refractivity contribution in [3.05, 3.63) is 82.1 Å². The van der Waals surface area contributed by atoms with E-state index in [1.807, 2.05) is 67.0 Å². The van der Waals surface area contributed by atoms with Gasteiger partial charge in [-0.05, 0) is 49.2 Å². The number of benzene rings is 2. The molecule has 0 fully saturated rings. The summed E-state index contributed by atoms with van der Waals surface area (Å²) in [5.41, 5.74) is 2.03. The molecule has 0 aliphatic rings. The first-order chi connectivity index (χ1) is 13.5. The molecule has 1 heterocycles. The predicted molar refractivity (Wildman–Crippen MR) is 116 cm³/mol. The maximum Gasteiger partial charge on any atom is 0.191 e. The van der Waals surface area contributed by atoms with Crippen LogP contribution in [0.15, 0.2) is 60.3 Å². The van der Waals surface area contributed by atoms with Crippen LogP contribution in [0.25, 0.3) is 0 Å². The third kappa shape index (κ3) is 4.90. The van der Waals surface area contributed by atoms with E-state index in [1.165, 1.54) is 0 Å². The number of hydrogen-bond donors (Lipinski definition) is 0. The number of halogens is 2. The van der Waals surface area contributed by atoms with Gasteiger partial charge in [-0.25, -0.2) is 0 Å². The van der Waals surface area contributed by atoms with E-state index in [-0.39, 0.29) is 6.10 Å². The highest BCUT2D eigenvalue weighted by Crippen LogP contribution is 2.30. The molecule has 1 aromatic heterocycles. The van der Waals surface area contributed by atoms with E-state index in [4.69, 9.17) is 27.9 Å². The summed E-state index contributed by atoms with van der Waals surface area (Å²) in [7, 11) is 0. The molecule has 1 unspecified atom stereocenters. The first kappa shape index (κ1) is 20.8. The number of allylic oxidation sites excluding steroid dienone is 1. The van der Waals surface area contributed by atoms with Gasteiger partial charge in [0.05, 0.1) is 0 Å². The summed E-state index contributed by atoms with van der Waals surface area (Å²) in [5.74, 6) is 2.23. The number of nitrogens with zero attached hydrogens (tertiary/aromatic N) is 3. The average Bonchev–Trinajstić information content (AvgIpc) is 3.06. The second kappa shape index (κ2) is 9.50. The van der Waals surface area contributed by atoms with Crippen LogP contribution in [0.1, 0.15) is 30.0 Å². The summed E-state index contributed by atoms with van der Waals surface area (Å²) in [6, 6.07) is 13.4. The lowest BCUT2D eigenvalue weighted by Gasteiger charge is -2.17. The molecule has 146 valence electrons. The summed E-state index contributed by atoms with van der Waals surface area (Å²) < 4.78 is 8.14. The van der Waals surface area contributed by atoms with Crippen molar-refractivity contribution in [3.63, 3.8) is 0 Å². The first-order valence-electron chi connectivity index (χ1n) is 8.82. The van der Waals surface area contributed by atoms with Gasteiger partial charge >= 0.3 is 0 Å². The van der Waals surface area contributed by atoms with Crippen molar-refractivity contribution >= 4 is 35.0 Å². The minimum absolute atomic E-state index is 0.276. The Labute approximate surface area is 179 Å². The maximum atomic E-state index is 6.26. The molecule has 0 bridgehead atoms. The van der Waals surface area contributed by atoms with Crippen LogP contribution in [0.2, 0.25) is 10.0 Å². The van der Waals surface area contributed by atoms with Crippen molar-refractivity contribution < 1.29 is 4.74 Å². The number of thioether (sulfide) groups is 1. The molecule has 1 atom stereocenters. The Bertz CT molecular complexity index is 974. The van der Waals surface area contributed by atoms with Gasteiger partial charge in [-0.1, -0.05) is 59.2 Å². The van der Waals surface area contributed by atoms with E-state index in [2.05, 4.69) is 16.8 Å². The second-order valence-corrected chi connectivity index (χ2v) is 8.08. The maximum absolute atomic E-state index is 6.26. The highest BCUT2D eigenvalue weighted by Gasteiger charge is 2.20. The van der Waals surface area contributed by atoms with Gasteiger partial charge in [0.15, 0.2) is 17.1 Å². The Morgan fingerprint density at radius 3 is 2.71 bits per heavy atom. The fourth-order valence-electron chi connectivity index (χ4n) is 2.75. The zero-order valence-corrected chi connectivity index (χ0v) is 18.1. The standard InChI is InChI=1S/C21H21Cl2N3OS/c1-4-11-26-20(15(3)27-19-10-9-17(22)12-14(19)2)24-25-21(26)28-13-16-7-5-6-8-18(16)23/h4-10,12,15H,1,11,13H2,2-3H3. The molecule has 7 heteroatoms. The van der Waals surface area contributed by atoms with Gasteiger partial charge in [0.1, 0.15) is 5.75 Å². The molecule has 0 aliphatic carbocycles. The Hall–Kier alpha value is -1.95. The van der Waals surface area contributed by atoms with Gasteiger partial charge in [-0.3, -0.25) is 4.57 Å². The lowest BCUT2D eigenvalue weighted by Crippen LogP contribution is -2.12. The number of ether oxygens (including phenoxy) is 1. The van der Waals surface area contributed by atoms with Gasteiger partial charge in [-0.2, -0.15) is 0 Å². The Morgan fingerprint density at radius 1 is 1.21 bits per heavy atom.